The van der Waals surface area contributed by atoms with E-state index in [9.17, 15) is 4.79 Å². The first-order valence-corrected chi connectivity index (χ1v) is 9.46. The van der Waals surface area contributed by atoms with E-state index in [1.54, 1.807) is 12.1 Å². The summed E-state index contributed by atoms with van der Waals surface area (Å²) in [4.78, 5) is 12.2. The van der Waals surface area contributed by atoms with Gasteiger partial charge in [-0.25, -0.2) is 0 Å². The van der Waals surface area contributed by atoms with Crippen LogP contribution in [0.4, 0.5) is 0 Å². The van der Waals surface area contributed by atoms with E-state index in [4.69, 9.17) is 23.2 Å². The van der Waals surface area contributed by atoms with E-state index >= 15 is 0 Å². The molecule has 0 spiro atoms. The molecule has 1 aliphatic carbocycles. The van der Waals surface area contributed by atoms with Gasteiger partial charge >= 0.3 is 0 Å². The Morgan fingerprint density at radius 3 is 2.83 bits per heavy atom. The normalized spacial score (nSPS) is 15.3. The van der Waals surface area contributed by atoms with Gasteiger partial charge in [-0.15, -0.1) is 10.2 Å². The predicted octanol–water partition coefficient (Wildman–Crippen LogP) is 3.97. The molecule has 24 heavy (non-hydrogen) atoms. The molecule has 1 saturated carbocycles. The number of halogens is 2. The fraction of sp³-hybridized carbons (Fsp3) is 0.438. The minimum Gasteiger partial charge on any atom is -0.349 e. The molecule has 1 amide bonds. The molecule has 0 bridgehead atoms. The van der Waals surface area contributed by atoms with Gasteiger partial charge in [-0.2, -0.15) is 0 Å². The fourth-order valence-electron chi connectivity index (χ4n) is 2.49. The van der Waals surface area contributed by atoms with Crippen LogP contribution in [-0.2, 0) is 11.8 Å². The molecule has 8 heteroatoms. The van der Waals surface area contributed by atoms with Crippen LogP contribution in [0.5, 0.6) is 0 Å². The van der Waals surface area contributed by atoms with E-state index in [2.05, 4.69) is 15.5 Å². The molecule has 0 radical (unpaired) electrons. The number of thioether (sulfide) groups is 1. The first kappa shape index (κ1) is 17.6. The smallest absolute Gasteiger partial charge is 0.230 e. The van der Waals surface area contributed by atoms with Gasteiger partial charge < -0.3 is 9.88 Å². The molecule has 5 nitrogen and oxygen atoms in total. The number of hydrogen-bond donors (Lipinski definition) is 1. The Labute approximate surface area is 155 Å². The summed E-state index contributed by atoms with van der Waals surface area (Å²) >= 11 is 13.5. The van der Waals surface area contributed by atoms with Gasteiger partial charge in [0.25, 0.3) is 0 Å². The van der Waals surface area contributed by atoms with E-state index in [1.807, 2.05) is 24.6 Å². The highest BCUT2D eigenvalue weighted by atomic mass is 35.5. The average molecular weight is 385 g/mol. The summed E-state index contributed by atoms with van der Waals surface area (Å²) in [5.74, 6) is 1.76. The summed E-state index contributed by atoms with van der Waals surface area (Å²) in [5.41, 5.74) is 0.842. The first-order valence-electron chi connectivity index (χ1n) is 7.72. The summed E-state index contributed by atoms with van der Waals surface area (Å²) in [6, 6.07) is 5.07. The van der Waals surface area contributed by atoms with Crippen LogP contribution in [0.2, 0.25) is 10.0 Å². The van der Waals surface area contributed by atoms with Crippen LogP contribution in [-0.4, -0.2) is 26.4 Å². The lowest BCUT2D eigenvalue weighted by atomic mass is 10.1. The average Bonchev–Trinajstić information content (AvgIpc) is 3.29. The number of aromatic nitrogens is 3. The van der Waals surface area contributed by atoms with Crippen molar-refractivity contribution in [3.63, 3.8) is 0 Å². The summed E-state index contributed by atoms with van der Waals surface area (Å²) < 4.78 is 1.98. The van der Waals surface area contributed by atoms with Gasteiger partial charge in [0.15, 0.2) is 5.16 Å². The number of nitrogens with one attached hydrogen (secondary N) is 1. The molecule has 1 aromatic carbocycles. The zero-order valence-electron chi connectivity index (χ0n) is 13.4. The highest BCUT2D eigenvalue weighted by Crippen LogP contribution is 2.39. The van der Waals surface area contributed by atoms with Gasteiger partial charge in [-0.3, -0.25) is 4.79 Å². The van der Waals surface area contributed by atoms with Crippen molar-refractivity contribution in [1.82, 2.24) is 20.1 Å². The summed E-state index contributed by atoms with van der Waals surface area (Å²) in [6.07, 6.45) is 2.35. The quantitative estimate of drug-likeness (QED) is 0.765. The van der Waals surface area contributed by atoms with E-state index in [0.717, 1.165) is 16.5 Å². The van der Waals surface area contributed by atoms with Gasteiger partial charge in [0.2, 0.25) is 5.91 Å². The largest absolute Gasteiger partial charge is 0.349 e. The van der Waals surface area contributed by atoms with Crippen molar-refractivity contribution in [1.29, 1.82) is 0 Å². The molecule has 1 aromatic heterocycles. The molecule has 3 rings (SSSR count). The lowest BCUT2D eigenvalue weighted by Crippen LogP contribution is -2.28. The summed E-state index contributed by atoms with van der Waals surface area (Å²) in [5, 5.41) is 13.2. The molecule has 1 N–H and O–H groups in total. The SMILES string of the molecule is C[C@@H](NC(=O)CSc1nnc(C2CC2)n1C)c1ccc(Cl)cc1Cl. The van der Waals surface area contributed by atoms with E-state index < -0.39 is 0 Å². The molecular formula is C16H18Cl2N4OS. The second-order valence-electron chi connectivity index (χ2n) is 5.92. The van der Waals surface area contributed by atoms with Crippen molar-refractivity contribution in [2.24, 2.45) is 7.05 Å². The molecule has 1 fully saturated rings. The van der Waals surface area contributed by atoms with Gasteiger partial charge in [-0.1, -0.05) is 41.0 Å². The lowest BCUT2D eigenvalue weighted by Gasteiger charge is -2.15. The Bertz CT molecular complexity index is 761. The zero-order chi connectivity index (χ0) is 17.3. The van der Waals surface area contributed by atoms with E-state index in [-0.39, 0.29) is 17.7 Å². The van der Waals surface area contributed by atoms with Crippen LogP contribution in [0, 0.1) is 0 Å². The number of carbonyl (C=O) groups excluding carboxylic acids is 1. The van der Waals surface area contributed by atoms with Crippen LogP contribution in [0.15, 0.2) is 23.4 Å². The van der Waals surface area contributed by atoms with Crippen LogP contribution >= 0.6 is 35.0 Å². The minimum atomic E-state index is -0.190. The Morgan fingerprint density at radius 1 is 1.42 bits per heavy atom. The monoisotopic (exact) mass is 384 g/mol. The maximum absolute atomic E-state index is 12.2. The highest BCUT2D eigenvalue weighted by molar-refractivity contribution is 7.99. The predicted molar refractivity (Wildman–Crippen MR) is 96.7 cm³/mol. The molecule has 2 aromatic rings. The minimum absolute atomic E-state index is 0.0745. The van der Waals surface area contributed by atoms with Crippen molar-refractivity contribution in [3.05, 3.63) is 39.6 Å². The van der Waals surface area contributed by atoms with Gasteiger partial charge in [0.1, 0.15) is 5.82 Å². The molecular weight excluding hydrogens is 367 g/mol. The van der Waals surface area contributed by atoms with Crippen LogP contribution < -0.4 is 5.32 Å². The Balaban J connectivity index is 1.55. The first-order chi connectivity index (χ1) is 11.5. The zero-order valence-corrected chi connectivity index (χ0v) is 15.8. The third-order valence-corrected chi connectivity index (χ3v) is 5.53. The Kier molecular flexibility index (Phi) is 5.37. The van der Waals surface area contributed by atoms with Crippen molar-refractivity contribution in [2.45, 2.75) is 36.9 Å². The third-order valence-electron chi connectivity index (χ3n) is 3.95. The Hall–Kier alpha value is -1.24. The maximum Gasteiger partial charge on any atom is 0.230 e. The highest BCUT2D eigenvalue weighted by Gasteiger charge is 2.29. The Morgan fingerprint density at radius 2 is 2.17 bits per heavy atom. The fourth-order valence-corrected chi connectivity index (χ4v) is 3.79. The maximum atomic E-state index is 12.2. The van der Waals surface area contributed by atoms with Crippen molar-refractivity contribution in [2.75, 3.05) is 5.75 Å². The molecule has 1 aliphatic rings. The van der Waals surface area contributed by atoms with E-state index in [0.29, 0.717) is 16.0 Å². The molecule has 0 aliphatic heterocycles. The number of benzene rings is 1. The van der Waals surface area contributed by atoms with Crippen LogP contribution in [0.1, 0.15) is 43.1 Å². The number of nitrogens with zero attached hydrogens (tertiary/aromatic N) is 3. The standard InChI is InChI=1S/C16H18Cl2N4OS/c1-9(12-6-5-11(17)7-13(12)18)19-14(23)8-24-16-21-20-15(22(16)2)10-3-4-10/h5-7,9-10H,3-4,8H2,1-2H3,(H,19,23)/t9-/m1/s1. The topological polar surface area (TPSA) is 59.8 Å². The molecule has 0 unspecified atom stereocenters. The van der Waals surface area contributed by atoms with Crippen molar-refractivity contribution < 1.29 is 4.79 Å². The van der Waals surface area contributed by atoms with Crippen molar-refractivity contribution in [3.8, 4) is 0 Å². The number of amides is 1. The van der Waals surface area contributed by atoms with Crippen LogP contribution in [0.3, 0.4) is 0 Å². The molecule has 128 valence electrons. The third kappa shape index (κ3) is 4.05. The molecule has 1 atom stereocenters. The summed E-state index contributed by atoms with van der Waals surface area (Å²) in [7, 11) is 1.95. The molecule has 1 heterocycles. The van der Waals surface area contributed by atoms with Gasteiger partial charge in [-0.05, 0) is 37.5 Å². The second kappa shape index (κ2) is 7.33. The van der Waals surface area contributed by atoms with Gasteiger partial charge in [0, 0.05) is 23.0 Å². The van der Waals surface area contributed by atoms with E-state index in [1.165, 1.54) is 24.6 Å². The van der Waals surface area contributed by atoms with Crippen LogP contribution in [0.25, 0.3) is 0 Å². The number of carbonyl (C=O) groups is 1. The van der Waals surface area contributed by atoms with Crippen molar-refractivity contribution >= 4 is 40.9 Å². The lowest BCUT2D eigenvalue weighted by molar-refractivity contribution is -0.119. The van der Waals surface area contributed by atoms with Gasteiger partial charge in [0.05, 0.1) is 11.8 Å². The number of hydrogen-bond acceptors (Lipinski definition) is 4. The summed E-state index contributed by atoms with van der Waals surface area (Å²) in [6.45, 7) is 1.89. The second-order valence-corrected chi connectivity index (χ2v) is 7.70. The number of rotatable bonds is 6. The molecule has 0 saturated heterocycles.